The van der Waals surface area contributed by atoms with Crippen molar-refractivity contribution in [2.75, 3.05) is 13.1 Å². The third-order valence-electron chi connectivity index (χ3n) is 5.07. The van der Waals surface area contributed by atoms with Gasteiger partial charge >= 0.3 is 5.97 Å². The molecule has 1 aliphatic heterocycles. The summed E-state index contributed by atoms with van der Waals surface area (Å²) >= 11 is 0. The summed E-state index contributed by atoms with van der Waals surface area (Å²) in [6.45, 7) is 8.47. The fraction of sp³-hybridized carbons (Fsp3) is 0.933. The number of nitrogens with zero attached hydrogens (tertiary/aromatic N) is 1. The molecule has 110 valence electrons. The Morgan fingerprint density at radius 3 is 2.74 bits per heavy atom. The van der Waals surface area contributed by atoms with Crippen LogP contribution in [0.15, 0.2) is 0 Å². The molecule has 4 atom stereocenters. The third kappa shape index (κ3) is 2.95. The highest BCUT2D eigenvalue weighted by molar-refractivity contribution is 5.79. The van der Waals surface area contributed by atoms with Gasteiger partial charge in [-0.3, -0.25) is 9.69 Å². The molecule has 4 unspecified atom stereocenters. The van der Waals surface area contributed by atoms with Crippen molar-refractivity contribution in [3.8, 4) is 0 Å². The molecule has 1 aliphatic carbocycles. The lowest BCUT2D eigenvalue weighted by Crippen LogP contribution is -2.52. The molecule has 2 N–H and O–H groups in total. The molecule has 2 rings (SSSR count). The van der Waals surface area contributed by atoms with E-state index in [-0.39, 0.29) is 0 Å². The normalized spacial score (nSPS) is 40.5. The van der Waals surface area contributed by atoms with Gasteiger partial charge in [0.15, 0.2) is 0 Å². The van der Waals surface area contributed by atoms with Gasteiger partial charge in [0.25, 0.3) is 0 Å². The van der Waals surface area contributed by atoms with E-state index in [1.807, 2.05) is 6.92 Å². The first kappa shape index (κ1) is 14.8. The van der Waals surface area contributed by atoms with Crippen LogP contribution in [0, 0.1) is 5.92 Å². The van der Waals surface area contributed by atoms with Crippen LogP contribution in [0.2, 0.25) is 0 Å². The number of carbonyl (C=O) groups is 1. The van der Waals surface area contributed by atoms with Crippen molar-refractivity contribution in [2.24, 2.45) is 5.92 Å². The number of carboxylic acid groups (broad SMARTS) is 1. The number of aliphatic carboxylic acids is 1. The average Bonchev–Trinajstić information content (AvgIpc) is 2.75. The van der Waals surface area contributed by atoms with E-state index in [0.717, 1.165) is 38.3 Å². The van der Waals surface area contributed by atoms with Crippen molar-refractivity contribution in [3.63, 3.8) is 0 Å². The van der Waals surface area contributed by atoms with E-state index in [1.165, 1.54) is 12.8 Å². The number of nitrogens with one attached hydrogen (secondary N) is 1. The summed E-state index contributed by atoms with van der Waals surface area (Å²) in [6.07, 6.45) is 5.03. The minimum absolute atomic E-state index is 0.442. The molecule has 0 aromatic carbocycles. The van der Waals surface area contributed by atoms with Crippen molar-refractivity contribution in [3.05, 3.63) is 0 Å². The highest BCUT2D eigenvalue weighted by Crippen LogP contribution is 2.36. The minimum Gasteiger partial charge on any atom is -0.480 e. The Labute approximate surface area is 116 Å². The standard InChI is InChI=1S/C15H28N2O2/c1-4-16-15(14(18)19)7-5-13(10-15)17-8-6-11(2)9-12(17)3/h11-13,16H,4-10H2,1-3H3,(H,18,19). The van der Waals surface area contributed by atoms with E-state index in [1.54, 1.807) is 0 Å². The molecule has 2 aliphatic rings. The molecule has 0 bridgehead atoms. The van der Waals surface area contributed by atoms with Gasteiger partial charge in [0.05, 0.1) is 0 Å². The van der Waals surface area contributed by atoms with Crippen LogP contribution in [-0.4, -0.2) is 46.7 Å². The van der Waals surface area contributed by atoms with Gasteiger partial charge in [0.1, 0.15) is 5.54 Å². The van der Waals surface area contributed by atoms with Gasteiger partial charge in [0.2, 0.25) is 0 Å². The molecule has 4 heteroatoms. The van der Waals surface area contributed by atoms with Crippen molar-refractivity contribution in [1.82, 2.24) is 10.2 Å². The molecule has 0 spiro atoms. The first-order chi connectivity index (χ1) is 8.98. The van der Waals surface area contributed by atoms with Crippen LogP contribution in [0.3, 0.4) is 0 Å². The van der Waals surface area contributed by atoms with Crippen LogP contribution in [-0.2, 0) is 4.79 Å². The smallest absolute Gasteiger partial charge is 0.323 e. The van der Waals surface area contributed by atoms with Gasteiger partial charge in [-0.25, -0.2) is 0 Å². The molecule has 0 amide bonds. The number of hydrogen-bond donors (Lipinski definition) is 2. The van der Waals surface area contributed by atoms with Crippen molar-refractivity contribution in [1.29, 1.82) is 0 Å². The second-order valence-electron chi connectivity index (χ2n) is 6.53. The Balaban J connectivity index is 2.02. The molecule has 0 aromatic heterocycles. The van der Waals surface area contributed by atoms with E-state index < -0.39 is 11.5 Å². The summed E-state index contributed by atoms with van der Waals surface area (Å²) in [5.41, 5.74) is -0.678. The summed E-state index contributed by atoms with van der Waals surface area (Å²) in [4.78, 5) is 14.2. The molecule has 0 aromatic rings. The maximum atomic E-state index is 11.6. The number of hydrogen-bond acceptors (Lipinski definition) is 3. The maximum absolute atomic E-state index is 11.6. The zero-order chi connectivity index (χ0) is 14.0. The van der Waals surface area contributed by atoms with E-state index in [2.05, 4.69) is 24.1 Å². The van der Waals surface area contributed by atoms with Gasteiger partial charge in [-0.2, -0.15) is 0 Å². The number of carboxylic acids is 1. The van der Waals surface area contributed by atoms with Gasteiger partial charge in [-0.05, 0) is 58.0 Å². The second kappa shape index (κ2) is 5.80. The first-order valence-corrected chi connectivity index (χ1v) is 7.72. The van der Waals surface area contributed by atoms with Crippen LogP contribution < -0.4 is 5.32 Å². The predicted octanol–water partition coefficient (Wildman–Crippen LogP) is 2.09. The molecular formula is C15H28N2O2. The molecule has 4 nitrogen and oxygen atoms in total. The van der Waals surface area contributed by atoms with Crippen molar-refractivity contribution in [2.45, 2.75) is 70.5 Å². The highest BCUT2D eigenvalue weighted by atomic mass is 16.4. The topological polar surface area (TPSA) is 52.6 Å². The monoisotopic (exact) mass is 268 g/mol. The van der Waals surface area contributed by atoms with E-state index in [0.29, 0.717) is 12.1 Å². The van der Waals surface area contributed by atoms with Crippen LogP contribution in [0.4, 0.5) is 0 Å². The fourth-order valence-corrected chi connectivity index (χ4v) is 4.04. The largest absolute Gasteiger partial charge is 0.480 e. The van der Waals surface area contributed by atoms with Crippen LogP contribution in [0.5, 0.6) is 0 Å². The summed E-state index contributed by atoms with van der Waals surface area (Å²) in [5, 5.41) is 12.8. The Kier molecular flexibility index (Phi) is 4.51. The van der Waals surface area contributed by atoms with Crippen LogP contribution in [0.25, 0.3) is 0 Å². The van der Waals surface area contributed by atoms with E-state index in [4.69, 9.17) is 0 Å². The van der Waals surface area contributed by atoms with Gasteiger partial charge in [-0.1, -0.05) is 13.8 Å². The number of likely N-dealkylation sites (N-methyl/N-ethyl adjacent to an activating group) is 1. The van der Waals surface area contributed by atoms with E-state index >= 15 is 0 Å². The summed E-state index contributed by atoms with van der Waals surface area (Å²) in [5.74, 6) is 0.139. The summed E-state index contributed by atoms with van der Waals surface area (Å²) < 4.78 is 0. The van der Waals surface area contributed by atoms with Crippen LogP contribution in [0.1, 0.15) is 52.9 Å². The zero-order valence-corrected chi connectivity index (χ0v) is 12.5. The van der Waals surface area contributed by atoms with Crippen LogP contribution >= 0.6 is 0 Å². The molecule has 1 heterocycles. The molecule has 1 saturated heterocycles. The number of piperidine rings is 1. The molecule has 0 radical (unpaired) electrons. The molecule has 19 heavy (non-hydrogen) atoms. The lowest BCUT2D eigenvalue weighted by Gasteiger charge is -2.41. The van der Waals surface area contributed by atoms with Gasteiger partial charge < -0.3 is 10.4 Å². The first-order valence-electron chi connectivity index (χ1n) is 7.72. The SMILES string of the molecule is CCNC1(C(=O)O)CCC(N2CCC(C)CC2C)C1. The summed E-state index contributed by atoms with van der Waals surface area (Å²) in [7, 11) is 0. The number of likely N-dealkylation sites (tertiary alicyclic amines) is 1. The maximum Gasteiger partial charge on any atom is 0.323 e. The van der Waals surface area contributed by atoms with Gasteiger partial charge in [0, 0.05) is 12.1 Å². The quantitative estimate of drug-likeness (QED) is 0.820. The summed E-state index contributed by atoms with van der Waals surface area (Å²) in [6, 6.07) is 1.04. The second-order valence-corrected chi connectivity index (χ2v) is 6.53. The Morgan fingerprint density at radius 2 is 2.16 bits per heavy atom. The fourth-order valence-electron chi connectivity index (χ4n) is 4.04. The average molecular weight is 268 g/mol. The molecular weight excluding hydrogens is 240 g/mol. The Bertz CT molecular complexity index is 334. The van der Waals surface area contributed by atoms with Crippen molar-refractivity contribution < 1.29 is 9.90 Å². The minimum atomic E-state index is -0.678. The molecule has 1 saturated carbocycles. The van der Waals surface area contributed by atoms with E-state index in [9.17, 15) is 9.90 Å². The predicted molar refractivity (Wildman–Crippen MR) is 76.2 cm³/mol. The lowest BCUT2D eigenvalue weighted by molar-refractivity contribution is -0.144. The van der Waals surface area contributed by atoms with Gasteiger partial charge in [-0.15, -0.1) is 0 Å². The highest BCUT2D eigenvalue weighted by Gasteiger charge is 2.47. The Morgan fingerprint density at radius 1 is 1.42 bits per heavy atom. The third-order valence-corrected chi connectivity index (χ3v) is 5.07. The lowest BCUT2D eigenvalue weighted by atomic mass is 9.91. The molecule has 2 fully saturated rings. The number of rotatable bonds is 4. The Hall–Kier alpha value is -0.610. The zero-order valence-electron chi connectivity index (χ0n) is 12.5. The van der Waals surface area contributed by atoms with Crippen molar-refractivity contribution >= 4 is 5.97 Å².